The Bertz CT molecular complexity index is 738. The molecule has 3 rings (SSSR count). The minimum atomic E-state index is -0.892. The van der Waals surface area contributed by atoms with Gasteiger partial charge in [0.1, 0.15) is 11.1 Å². The molecule has 1 saturated heterocycles. The number of hydrogen-bond acceptors (Lipinski definition) is 5. The summed E-state index contributed by atoms with van der Waals surface area (Å²) in [5.74, 6) is -0.220. The molecule has 1 fully saturated rings. The van der Waals surface area contributed by atoms with E-state index in [2.05, 4.69) is 5.32 Å². The number of carbonyl (C=O) groups excluding carboxylic acids is 1. The summed E-state index contributed by atoms with van der Waals surface area (Å²) < 4.78 is 10.3. The van der Waals surface area contributed by atoms with Gasteiger partial charge in [0.25, 0.3) is 0 Å². The first-order valence-electron chi connectivity index (χ1n) is 6.79. The van der Waals surface area contributed by atoms with Crippen LogP contribution in [0.3, 0.4) is 0 Å². The molecular formula is C15H17ClN2O4. The second-order valence-corrected chi connectivity index (χ2v) is 5.23. The molecule has 1 aromatic heterocycles. The lowest BCUT2D eigenvalue weighted by molar-refractivity contribution is -0.124. The van der Waals surface area contributed by atoms with Gasteiger partial charge in [0.15, 0.2) is 0 Å². The van der Waals surface area contributed by atoms with Gasteiger partial charge in [-0.1, -0.05) is 0 Å². The van der Waals surface area contributed by atoms with E-state index in [1.165, 1.54) is 6.07 Å². The second kappa shape index (κ2) is 6.48. The predicted molar refractivity (Wildman–Crippen MR) is 85.3 cm³/mol. The van der Waals surface area contributed by atoms with E-state index in [1.54, 1.807) is 24.3 Å². The fraction of sp³-hybridized carbons (Fsp3) is 0.333. The Labute approximate surface area is 133 Å². The Morgan fingerprint density at radius 1 is 1.18 bits per heavy atom. The number of nitrogens with one attached hydrogen (secondary N) is 1. The number of anilines is 1. The lowest BCUT2D eigenvalue weighted by atomic mass is 9.90. The zero-order chi connectivity index (χ0) is 14.9. The Morgan fingerprint density at radius 3 is 2.64 bits per heavy atom. The topological polar surface area (TPSA) is 94.6 Å². The van der Waals surface area contributed by atoms with Crippen molar-refractivity contribution in [1.29, 1.82) is 0 Å². The molecule has 0 aliphatic carbocycles. The summed E-state index contributed by atoms with van der Waals surface area (Å²) in [7, 11) is 0. The number of ether oxygens (including phenoxy) is 1. The van der Waals surface area contributed by atoms with Crippen LogP contribution < -0.4 is 16.7 Å². The standard InChI is InChI=1S/C15H16N2O4.ClH/c16-15(5-7-20-8-6-15)14(19)17-11-2-3-12-10(9-11)1-4-13(18)21-12;/h1-4,9H,5-8,16H2,(H,17,19);1H. The zero-order valence-corrected chi connectivity index (χ0v) is 12.7. The number of carbonyl (C=O) groups is 1. The normalized spacial score (nSPS) is 16.8. The van der Waals surface area contributed by atoms with Gasteiger partial charge >= 0.3 is 5.63 Å². The van der Waals surface area contributed by atoms with Crippen molar-refractivity contribution in [3.63, 3.8) is 0 Å². The maximum Gasteiger partial charge on any atom is 0.336 e. The van der Waals surface area contributed by atoms with Crippen LogP contribution in [0.5, 0.6) is 0 Å². The number of halogens is 1. The Morgan fingerprint density at radius 2 is 1.91 bits per heavy atom. The van der Waals surface area contributed by atoms with Gasteiger partial charge in [-0.15, -0.1) is 12.4 Å². The summed E-state index contributed by atoms with van der Waals surface area (Å²) >= 11 is 0. The van der Waals surface area contributed by atoms with Crippen LogP contribution in [-0.4, -0.2) is 24.7 Å². The number of fused-ring (bicyclic) bond motifs is 1. The van der Waals surface area contributed by atoms with Crippen LogP contribution >= 0.6 is 12.4 Å². The van der Waals surface area contributed by atoms with E-state index >= 15 is 0 Å². The highest BCUT2D eigenvalue weighted by molar-refractivity contribution is 5.99. The van der Waals surface area contributed by atoms with Crippen molar-refractivity contribution < 1.29 is 13.9 Å². The lowest BCUT2D eigenvalue weighted by Crippen LogP contribution is -2.54. The third-order valence-corrected chi connectivity index (χ3v) is 3.71. The monoisotopic (exact) mass is 324 g/mol. The summed E-state index contributed by atoms with van der Waals surface area (Å²) in [6.45, 7) is 0.986. The smallest absolute Gasteiger partial charge is 0.336 e. The first kappa shape index (κ1) is 16.5. The molecular weight excluding hydrogens is 308 g/mol. The largest absolute Gasteiger partial charge is 0.423 e. The van der Waals surface area contributed by atoms with E-state index in [9.17, 15) is 9.59 Å². The zero-order valence-electron chi connectivity index (χ0n) is 11.8. The first-order valence-corrected chi connectivity index (χ1v) is 6.79. The average molecular weight is 325 g/mol. The molecule has 0 radical (unpaired) electrons. The van der Waals surface area contributed by atoms with Crippen molar-refractivity contribution in [3.05, 3.63) is 40.8 Å². The van der Waals surface area contributed by atoms with Crippen LogP contribution in [-0.2, 0) is 9.53 Å². The molecule has 1 aromatic carbocycles. The molecule has 118 valence electrons. The second-order valence-electron chi connectivity index (χ2n) is 5.23. The summed E-state index contributed by atoms with van der Waals surface area (Å²) in [5, 5.41) is 3.56. The highest BCUT2D eigenvalue weighted by Gasteiger charge is 2.35. The van der Waals surface area contributed by atoms with Crippen molar-refractivity contribution in [2.75, 3.05) is 18.5 Å². The Kier molecular flexibility index (Phi) is 4.85. The lowest BCUT2D eigenvalue weighted by Gasteiger charge is -2.31. The molecule has 0 spiro atoms. The summed E-state index contributed by atoms with van der Waals surface area (Å²) in [4.78, 5) is 23.4. The summed E-state index contributed by atoms with van der Waals surface area (Å²) in [5.41, 5.74) is 5.94. The molecule has 0 bridgehead atoms. The van der Waals surface area contributed by atoms with E-state index in [0.29, 0.717) is 37.3 Å². The molecule has 2 aromatic rings. The van der Waals surface area contributed by atoms with Gasteiger partial charge in [-0.25, -0.2) is 4.79 Å². The van der Waals surface area contributed by atoms with Crippen molar-refractivity contribution in [2.24, 2.45) is 5.73 Å². The van der Waals surface area contributed by atoms with Gasteiger partial charge in [-0.2, -0.15) is 0 Å². The molecule has 6 nitrogen and oxygen atoms in total. The van der Waals surface area contributed by atoms with Gasteiger partial charge in [-0.3, -0.25) is 4.79 Å². The fourth-order valence-electron chi connectivity index (χ4n) is 2.37. The predicted octanol–water partition coefficient (Wildman–Crippen LogP) is 1.66. The van der Waals surface area contributed by atoms with Gasteiger partial charge in [-0.05, 0) is 37.1 Å². The van der Waals surface area contributed by atoms with E-state index < -0.39 is 11.2 Å². The molecule has 22 heavy (non-hydrogen) atoms. The van der Waals surface area contributed by atoms with Crippen LogP contribution in [0.1, 0.15) is 12.8 Å². The molecule has 2 heterocycles. The van der Waals surface area contributed by atoms with Gasteiger partial charge in [0.2, 0.25) is 5.91 Å². The number of benzene rings is 1. The maximum absolute atomic E-state index is 12.3. The van der Waals surface area contributed by atoms with Crippen LogP contribution in [0.15, 0.2) is 39.5 Å². The minimum Gasteiger partial charge on any atom is -0.423 e. The molecule has 7 heteroatoms. The van der Waals surface area contributed by atoms with Crippen LogP contribution in [0.4, 0.5) is 5.69 Å². The number of hydrogen-bond donors (Lipinski definition) is 2. The molecule has 0 atom stereocenters. The van der Waals surface area contributed by atoms with E-state index in [4.69, 9.17) is 14.9 Å². The fourth-order valence-corrected chi connectivity index (χ4v) is 2.37. The third-order valence-electron chi connectivity index (χ3n) is 3.71. The SMILES string of the molecule is Cl.NC1(C(=O)Nc2ccc3oc(=O)ccc3c2)CCOCC1. The van der Waals surface area contributed by atoms with Crippen molar-refractivity contribution >= 4 is 35.0 Å². The molecule has 0 unspecified atom stereocenters. The Hall–Kier alpha value is -1.89. The first-order chi connectivity index (χ1) is 10.1. The Balaban J connectivity index is 0.00000176. The van der Waals surface area contributed by atoms with Gasteiger partial charge < -0.3 is 20.2 Å². The van der Waals surface area contributed by atoms with Crippen LogP contribution in [0, 0.1) is 0 Å². The van der Waals surface area contributed by atoms with E-state index in [0.717, 1.165) is 5.39 Å². The van der Waals surface area contributed by atoms with E-state index in [-0.39, 0.29) is 18.3 Å². The molecule has 1 aliphatic rings. The summed E-state index contributed by atoms with van der Waals surface area (Å²) in [6.07, 6.45) is 1.00. The van der Waals surface area contributed by atoms with Crippen molar-refractivity contribution in [2.45, 2.75) is 18.4 Å². The van der Waals surface area contributed by atoms with E-state index in [1.807, 2.05) is 0 Å². The van der Waals surface area contributed by atoms with Crippen LogP contribution in [0.25, 0.3) is 11.0 Å². The number of rotatable bonds is 2. The average Bonchev–Trinajstić information content (AvgIpc) is 2.48. The number of nitrogens with two attached hydrogens (primary N) is 1. The van der Waals surface area contributed by atoms with Crippen molar-refractivity contribution in [1.82, 2.24) is 0 Å². The quantitative estimate of drug-likeness (QED) is 0.819. The minimum absolute atomic E-state index is 0. The summed E-state index contributed by atoms with van der Waals surface area (Å²) in [6, 6.07) is 8.09. The highest BCUT2D eigenvalue weighted by Crippen LogP contribution is 2.22. The number of amides is 1. The highest BCUT2D eigenvalue weighted by atomic mass is 35.5. The van der Waals surface area contributed by atoms with Gasteiger partial charge in [0.05, 0.1) is 0 Å². The molecule has 0 saturated carbocycles. The van der Waals surface area contributed by atoms with Crippen LogP contribution in [0.2, 0.25) is 0 Å². The van der Waals surface area contributed by atoms with Crippen molar-refractivity contribution in [3.8, 4) is 0 Å². The third kappa shape index (κ3) is 3.30. The molecule has 1 aliphatic heterocycles. The van der Waals surface area contributed by atoms with Gasteiger partial charge in [0, 0.05) is 30.4 Å². The molecule has 1 amide bonds. The maximum atomic E-state index is 12.3. The molecule has 3 N–H and O–H groups in total.